The highest BCUT2D eigenvalue weighted by atomic mass is 19.4. The molecule has 0 bridgehead atoms. The molecular formula is C10H7F5. The second-order valence-electron chi connectivity index (χ2n) is 2.81. The lowest BCUT2D eigenvalue weighted by Gasteiger charge is -2.05. The molecule has 0 unspecified atom stereocenters. The predicted molar refractivity (Wildman–Crippen MR) is 46.5 cm³/mol. The maximum absolute atomic E-state index is 12.1. The van der Waals surface area contributed by atoms with Gasteiger partial charge in [0, 0.05) is 0 Å². The van der Waals surface area contributed by atoms with E-state index in [1.54, 1.807) is 0 Å². The fourth-order valence-electron chi connectivity index (χ4n) is 0.967. The monoisotopic (exact) mass is 222 g/mol. The first-order valence-electron chi connectivity index (χ1n) is 4.03. The van der Waals surface area contributed by atoms with Crippen LogP contribution in [0.3, 0.4) is 0 Å². The molecule has 0 radical (unpaired) electrons. The average molecular weight is 222 g/mol. The van der Waals surface area contributed by atoms with Crippen LogP contribution in [0.15, 0.2) is 30.3 Å². The van der Waals surface area contributed by atoms with Gasteiger partial charge in [0.25, 0.3) is 6.43 Å². The fourth-order valence-corrected chi connectivity index (χ4v) is 0.967. The molecule has 0 aliphatic carbocycles. The Hall–Kier alpha value is -1.39. The van der Waals surface area contributed by atoms with Gasteiger partial charge >= 0.3 is 6.18 Å². The quantitative estimate of drug-likeness (QED) is 0.664. The van der Waals surface area contributed by atoms with Crippen LogP contribution in [-0.2, 0) is 6.18 Å². The Balaban J connectivity index is 2.82. The summed E-state index contributed by atoms with van der Waals surface area (Å²) in [5.74, 6) is 0. The normalized spacial score (nSPS) is 12.7. The number of alkyl halides is 5. The number of rotatable bonds is 2. The summed E-state index contributed by atoms with van der Waals surface area (Å²) in [4.78, 5) is 0. The highest BCUT2D eigenvalue weighted by molar-refractivity contribution is 5.50. The van der Waals surface area contributed by atoms with Gasteiger partial charge in [-0.3, -0.25) is 0 Å². The van der Waals surface area contributed by atoms with E-state index in [1.165, 1.54) is 0 Å². The van der Waals surface area contributed by atoms with Crippen LogP contribution in [0.5, 0.6) is 0 Å². The summed E-state index contributed by atoms with van der Waals surface area (Å²) in [5, 5.41) is 0. The topological polar surface area (TPSA) is 0 Å². The van der Waals surface area contributed by atoms with E-state index < -0.39 is 18.2 Å². The largest absolute Gasteiger partial charge is 0.416 e. The smallest absolute Gasteiger partial charge is 0.206 e. The SMILES string of the molecule is FC(F)/C=C/c1ccc(C(F)(F)F)cc1. The molecule has 0 aromatic heterocycles. The van der Waals surface area contributed by atoms with E-state index in [1.807, 2.05) is 0 Å². The molecule has 0 aliphatic rings. The summed E-state index contributed by atoms with van der Waals surface area (Å²) in [6.07, 6.45) is -5.31. The van der Waals surface area contributed by atoms with Gasteiger partial charge in [-0.05, 0) is 23.8 Å². The minimum atomic E-state index is -4.40. The molecule has 15 heavy (non-hydrogen) atoms. The van der Waals surface area contributed by atoms with Crippen molar-refractivity contribution in [2.24, 2.45) is 0 Å². The van der Waals surface area contributed by atoms with Crippen LogP contribution in [0.25, 0.3) is 6.08 Å². The Morgan fingerprint density at radius 3 is 1.93 bits per heavy atom. The van der Waals surface area contributed by atoms with Crippen LogP contribution >= 0.6 is 0 Å². The van der Waals surface area contributed by atoms with E-state index in [0.717, 1.165) is 30.3 Å². The first kappa shape index (κ1) is 11.7. The van der Waals surface area contributed by atoms with Crippen molar-refractivity contribution in [3.05, 3.63) is 41.5 Å². The molecule has 0 saturated carbocycles. The first-order valence-corrected chi connectivity index (χ1v) is 4.03. The van der Waals surface area contributed by atoms with Crippen LogP contribution in [0.1, 0.15) is 11.1 Å². The third-order valence-corrected chi connectivity index (χ3v) is 1.67. The molecular weight excluding hydrogens is 215 g/mol. The van der Waals surface area contributed by atoms with Crippen molar-refractivity contribution < 1.29 is 22.0 Å². The van der Waals surface area contributed by atoms with Crippen LogP contribution in [-0.4, -0.2) is 6.43 Å². The van der Waals surface area contributed by atoms with E-state index in [0.29, 0.717) is 11.6 Å². The molecule has 0 atom stereocenters. The molecule has 0 heterocycles. The van der Waals surface area contributed by atoms with Crippen molar-refractivity contribution in [1.29, 1.82) is 0 Å². The van der Waals surface area contributed by atoms with Crippen molar-refractivity contribution >= 4 is 6.08 Å². The molecule has 1 aromatic carbocycles. The van der Waals surface area contributed by atoms with Crippen LogP contribution in [0.4, 0.5) is 22.0 Å². The van der Waals surface area contributed by atoms with Crippen molar-refractivity contribution in [3.63, 3.8) is 0 Å². The van der Waals surface area contributed by atoms with E-state index in [2.05, 4.69) is 0 Å². The Kier molecular flexibility index (Phi) is 3.44. The maximum Gasteiger partial charge on any atom is 0.416 e. The first-order chi connectivity index (χ1) is 6.89. The van der Waals surface area contributed by atoms with Gasteiger partial charge in [0.1, 0.15) is 0 Å². The lowest BCUT2D eigenvalue weighted by atomic mass is 10.1. The van der Waals surface area contributed by atoms with E-state index in [9.17, 15) is 22.0 Å². The maximum atomic E-state index is 12.1. The summed E-state index contributed by atoms with van der Waals surface area (Å²) >= 11 is 0. The summed E-state index contributed by atoms with van der Waals surface area (Å²) in [6.45, 7) is 0. The van der Waals surface area contributed by atoms with Crippen molar-refractivity contribution in [2.45, 2.75) is 12.6 Å². The number of allylic oxidation sites excluding steroid dienone is 1. The van der Waals surface area contributed by atoms with Gasteiger partial charge < -0.3 is 0 Å². The Morgan fingerprint density at radius 1 is 1.00 bits per heavy atom. The summed E-state index contributed by atoms with van der Waals surface area (Å²) in [6, 6.07) is 3.99. The summed E-state index contributed by atoms with van der Waals surface area (Å²) < 4.78 is 59.7. The average Bonchev–Trinajstić information content (AvgIpc) is 2.14. The molecule has 0 N–H and O–H groups in total. The number of halogens is 5. The molecule has 0 aliphatic heterocycles. The Labute approximate surface area is 83.0 Å². The molecule has 0 nitrogen and oxygen atoms in total. The molecule has 0 saturated heterocycles. The van der Waals surface area contributed by atoms with Gasteiger partial charge in [0.2, 0.25) is 0 Å². The van der Waals surface area contributed by atoms with Gasteiger partial charge in [-0.15, -0.1) is 0 Å². The van der Waals surface area contributed by atoms with Gasteiger partial charge in [0.05, 0.1) is 5.56 Å². The zero-order valence-corrected chi connectivity index (χ0v) is 7.43. The van der Waals surface area contributed by atoms with Gasteiger partial charge in [-0.1, -0.05) is 18.2 Å². The lowest BCUT2D eigenvalue weighted by Crippen LogP contribution is -2.03. The predicted octanol–water partition coefficient (Wildman–Crippen LogP) is 3.98. The molecule has 0 fully saturated rings. The number of hydrogen-bond acceptors (Lipinski definition) is 0. The summed E-state index contributed by atoms with van der Waals surface area (Å²) in [5.41, 5.74) is -0.486. The number of benzene rings is 1. The zero-order valence-electron chi connectivity index (χ0n) is 7.43. The molecule has 0 spiro atoms. The minimum Gasteiger partial charge on any atom is -0.206 e. The van der Waals surface area contributed by atoms with E-state index in [-0.39, 0.29) is 0 Å². The van der Waals surface area contributed by atoms with Gasteiger partial charge in [-0.25, -0.2) is 8.78 Å². The van der Waals surface area contributed by atoms with Gasteiger partial charge in [0.15, 0.2) is 0 Å². The lowest BCUT2D eigenvalue weighted by molar-refractivity contribution is -0.137. The standard InChI is InChI=1S/C10H7F5/c11-9(12)6-3-7-1-4-8(5-2-7)10(13,14)15/h1-6,9H/b6-3+. The van der Waals surface area contributed by atoms with E-state index >= 15 is 0 Å². The fraction of sp³-hybridized carbons (Fsp3) is 0.200. The van der Waals surface area contributed by atoms with Crippen molar-refractivity contribution in [3.8, 4) is 0 Å². The number of hydrogen-bond donors (Lipinski definition) is 0. The molecule has 5 heteroatoms. The van der Waals surface area contributed by atoms with Crippen LogP contribution < -0.4 is 0 Å². The Morgan fingerprint density at radius 2 is 1.53 bits per heavy atom. The van der Waals surface area contributed by atoms with Gasteiger partial charge in [-0.2, -0.15) is 13.2 Å². The third-order valence-electron chi connectivity index (χ3n) is 1.67. The molecule has 1 aromatic rings. The zero-order chi connectivity index (χ0) is 11.5. The van der Waals surface area contributed by atoms with Crippen LogP contribution in [0.2, 0.25) is 0 Å². The highest BCUT2D eigenvalue weighted by Crippen LogP contribution is 2.29. The highest BCUT2D eigenvalue weighted by Gasteiger charge is 2.29. The second-order valence-corrected chi connectivity index (χ2v) is 2.81. The second kappa shape index (κ2) is 4.42. The van der Waals surface area contributed by atoms with Crippen LogP contribution in [0, 0.1) is 0 Å². The third kappa shape index (κ3) is 3.69. The minimum absolute atomic E-state index is 0.309. The van der Waals surface area contributed by atoms with Crippen molar-refractivity contribution in [1.82, 2.24) is 0 Å². The molecule has 82 valence electrons. The molecule has 0 amide bonds. The molecule has 1 rings (SSSR count). The van der Waals surface area contributed by atoms with Crippen molar-refractivity contribution in [2.75, 3.05) is 0 Å². The summed E-state index contributed by atoms with van der Waals surface area (Å²) in [7, 11) is 0. The van der Waals surface area contributed by atoms with E-state index in [4.69, 9.17) is 0 Å². The Bertz CT molecular complexity index is 334.